The maximum atomic E-state index is 10.7. The van der Waals surface area contributed by atoms with Crippen molar-refractivity contribution in [3.05, 3.63) is 0 Å². The summed E-state index contributed by atoms with van der Waals surface area (Å²) in [6.07, 6.45) is 3.91. The lowest BCUT2D eigenvalue weighted by molar-refractivity contribution is -0.166. The molecule has 0 aromatic heterocycles. The maximum Gasteiger partial charge on any atom is 0.304 e. The van der Waals surface area contributed by atoms with Crippen molar-refractivity contribution in [2.45, 2.75) is 53.1 Å². The standard InChI is InChI=1S/C13H22O3/c1-9(14)15-8-16-11-7-10-5-6-13(11,4)12(10,2)3/h10-11H,5-8H2,1-4H3. The van der Waals surface area contributed by atoms with Gasteiger partial charge in [-0.2, -0.15) is 0 Å². The van der Waals surface area contributed by atoms with Crippen molar-refractivity contribution in [2.75, 3.05) is 6.79 Å². The molecule has 0 amide bonds. The van der Waals surface area contributed by atoms with Crippen LogP contribution < -0.4 is 0 Å². The number of hydrogen-bond donors (Lipinski definition) is 0. The molecule has 3 nitrogen and oxygen atoms in total. The Morgan fingerprint density at radius 3 is 2.50 bits per heavy atom. The van der Waals surface area contributed by atoms with Crippen LogP contribution in [-0.4, -0.2) is 18.9 Å². The lowest BCUT2D eigenvalue weighted by Crippen LogP contribution is -2.37. The van der Waals surface area contributed by atoms with E-state index < -0.39 is 0 Å². The van der Waals surface area contributed by atoms with Crippen molar-refractivity contribution < 1.29 is 14.3 Å². The minimum absolute atomic E-state index is 0.110. The van der Waals surface area contributed by atoms with Crippen LogP contribution in [0.25, 0.3) is 0 Å². The van der Waals surface area contributed by atoms with Crippen LogP contribution in [0.5, 0.6) is 0 Å². The van der Waals surface area contributed by atoms with Crippen molar-refractivity contribution >= 4 is 5.97 Å². The topological polar surface area (TPSA) is 35.5 Å². The molecule has 3 heteroatoms. The predicted molar refractivity (Wildman–Crippen MR) is 60.7 cm³/mol. The Kier molecular flexibility index (Phi) is 2.77. The van der Waals surface area contributed by atoms with E-state index in [9.17, 15) is 4.79 Å². The van der Waals surface area contributed by atoms with Crippen LogP contribution in [0, 0.1) is 16.7 Å². The van der Waals surface area contributed by atoms with Crippen molar-refractivity contribution in [1.29, 1.82) is 0 Å². The predicted octanol–water partition coefficient (Wildman–Crippen LogP) is 2.74. The minimum atomic E-state index is -0.271. The summed E-state index contributed by atoms with van der Waals surface area (Å²) in [6.45, 7) is 8.53. The Morgan fingerprint density at radius 2 is 2.06 bits per heavy atom. The van der Waals surface area contributed by atoms with Gasteiger partial charge in [-0.25, -0.2) is 0 Å². The van der Waals surface area contributed by atoms with E-state index >= 15 is 0 Å². The number of rotatable bonds is 3. The van der Waals surface area contributed by atoms with E-state index in [1.807, 2.05) is 0 Å². The third-order valence-corrected chi connectivity index (χ3v) is 5.25. The van der Waals surface area contributed by atoms with Crippen molar-refractivity contribution in [2.24, 2.45) is 16.7 Å². The Balaban J connectivity index is 1.96. The molecule has 2 bridgehead atoms. The van der Waals surface area contributed by atoms with Gasteiger partial charge in [0.15, 0.2) is 6.79 Å². The molecule has 0 spiro atoms. The lowest BCUT2D eigenvalue weighted by Gasteiger charge is -2.38. The molecular weight excluding hydrogens is 204 g/mol. The van der Waals surface area contributed by atoms with Gasteiger partial charge in [0.2, 0.25) is 0 Å². The van der Waals surface area contributed by atoms with E-state index in [4.69, 9.17) is 9.47 Å². The van der Waals surface area contributed by atoms with Crippen molar-refractivity contribution in [3.8, 4) is 0 Å². The van der Waals surface area contributed by atoms with Crippen molar-refractivity contribution in [3.63, 3.8) is 0 Å². The van der Waals surface area contributed by atoms with Crippen LogP contribution in [0.15, 0.2) is 0 Å². The zero-order valence-corrected chi connectivity index (χ0v) is 10.7. The van der Waals surface area contributed by atoms with Gasteiger partial charge in [-0.3, -0.25) is 4.79 Å². The van der Waals surface area contributed by atoms with E-state index in [1.54, 1.807) is 0 Å². The summed E-state index contributed by atoms with van der Waals surface area (Å²) < 4.78 is 10.6. The summed E-state index contributed by atoms with van der Waals surface area (Å²) >= 11 is 0. The average molecular weight is 226 g/mol. The highest BCUT2D eigenvalue weighted by atomic mass is 16.7. The van der Waals surface area contributed by atoms with Crippen LogP contribution in [-0.2, 0) is 14.3 Å². The van der Waals surface area contributed by atoms with Gasteiger partial charge in [-0.1, -0.05) is 20.8 Å². The monoisotopic (exact) mass is 226 g/mol. The normalized spacial score (nSPS) is 40.0. The first-order valence-electron chi connectivity index (χ1n) is 6.13. The minimum Gasteiger partial charge on any atom is -0.439 e. The Morgan fingerprint density at radius 1 is 1.38 bits per heavy atom. The van der Waals surface area contributed by atoms with Gasteiger partial charge in [0.05, 0.1) is 6.10 Å². The molecule has 92 valence electrons. The molecule has 16 heavy (non-hydrogen) atoms. The van der Waals surface area contributed by atoms with E-state index in [0.717, 1.165) is 12.3 Å². The fraction of sp³-hybridized carbons (Fsp3) is 0.923. The Hall–Kier alpha value is -0.570. The molecule has 2 saturated carbocycles. The Labute approximate surface area is 97.5 Å². The molecule has 0 N–H and O–H groups in total. The molecule has 0 aliphatic heterocycles. The summed E-state index contributed by atoms with van der Waals surface area (Å²) in [5.74, 6) is 0.493. The molecule has 3 unspecified atom stereocenters. The Bertz CT molecular complexity index is 298. The fourth-order valence-corrected chi connectivity index (χ4v) is 3.58. The summed E-state index contributed by atoms with van der Waals surface area (Å²) in [5.41, 5.74) is 0.603. The summed E-state index contributed by atoms with van der Waals surface area (Å²) in [7, 11) is 0. The molecule has 3 atom stereocenters. The third kappa shape index (κ3) is 1.56. The van der Waals surface area contributed by atoms with E-state index in [-0.39, 0.29) is 24.3 Å². The van der Waals surface area contributed by atoms with Gasteiger partial charge in [0.1, 0.15) is 0 Å². The van der Waals surface area contributed by atoms with Crippen LogP contribution in [0.4, 0.5) is 0 Å². The molecule has 0 radical (unpaired) electrons. The van der Waals surface area contributed by atoms with Crippen LogP contribution in [0.1, 0.15) is 47.0 Å². The number of fused-ring (bicyclic) bond motifs is 2. The molecular formula is C13H22O3. The molecule has 0 aromatic carbocycles. The second-order valence-corrected chi connectivity index (χ2v) is 6.02. The number of carbonyl (C=O) groups is 1. The SMILES string of the molecule is CC(=O)OCOC1CC2CCC1(C)C2(C)C. The molecule has 2 aliphatic rings. The summed E-state index contributed by atoms with van der Waals surface area (Å²) in [5, 5.41) is 0. The molecule has 2 rings (SSSR count). The number of ether oxygens (including phenoxy) is 2. The fourth-order valence-electron chi connectivity index (χ4n) is 3.58. The highest BCUT2D eigenvalue weighted by Crippen LogP contribution is 2.66. The van der Waals surface area contributed by atoms with Gasteiger partial charge in [-0.15, -0.1) is 0 Å². The van der Waals surface area contributed by atoms with E-state index in [1.165, 1.54) is 19.8 Å². The first kappa shape index (κ1) is 11.9. The lowest BCUT2D eigenvalue weighted by atomic mass is 9.70. The highest BCUT2D eigenvalue weighted by Gasteiger charge is 2.61. The average Bonchev–Trinajstić information content (AvgIpc) is 2.49. The van der Waals surface area contributed by atoms with Crippen LogP contribution >= 0.6 is 0 Å². The van der Waals surface area contributed by atoms with Gasteiger partial charge < -0.3 is 9.47 Å². The second kappa shape index (κ2) is 3.73. The largest absolute Gasteiger partial charge is 0.439 e. The molecule has 2 aliphatic carbocycles. The van der Waals surface area contributed by atoms with Crippen LogP contribution in [0.3, 0.4) is 0 Å². The van der Waals surface area contributed by atoms with Gasteiger partial charge >= 0.3 is 5.97 Å². The first-order chi connectivity index (χ1) is 7.38. The van der Waals surface area contributed by atoms with Crippen LogP contribution in [0.2, 0.25) is 0 Å². The van der Waals surface area contributed by atoms with Crippen molar-refractivity contribution in [1.82, 2.24) is 0 Å². The molecule has 2 fully saturated rings. The third-order valence-electron chi connectivity index (χ3n) is 5.25. The number of hydrogen-bond acceptors (Lipinski definition) is 3. The summed E-state index contributed by atoms with van der Waals surface area (Å²) in [4.78, 5) is 10.7. The molecule has 0 aromatic rings. The highest BCUT2D eigenvalue weighted by molar-refractivity contribution is 5.65. The smallest absolute Gasteiger partial charge is 0.304 e. The number of carbonyl (C=O) groups excluding carboxylic acids is 1. The second-order valence-electron chi connectivity index (χ2n) is 6.02. The maximum absolute atomic E-state index is 10.7. The zero-order valence-electron chi connectivity index (χ0n) is 10.7. The summed E-state index contributed by atoms with van der Waals surface area (Å²) in [6, 6.07) is 0. The van der Waals surface area contributed by atoms with E-state index in [0.29, 0.717) is 5.41 Å². The number of esters is 1. The molecule has 0 saturated heterocycles. The first-order valence-corrected chi connectivity index (χ1v) is 6.13. The zero-order chi connectivity index (χ0) is 12.0. The van der Waals surface area contributed by atoms with E-state index in [2.05, 4.69) is 20.8 Å². The molecule has 0 heterocycles. The quantitative estimate of drug-likeness (QED) is 0.548. The van der Waals surface area contributed by atoms with Gasteiger partial charge in [0.25, 0.3) is 0 Å². The van der Waals surface area contributed by atoms with Gasteiger partial charge in [0, 0.05) is 6.92 Å². The van der Waals surface area contributed by atoms with Gasteiger partial charge in [-0.05, 0) is 36.0 Å².